The molecule has 42 heavy (non-hydrogen) atoms. The first-order valence-electron chi connectivity index (χ1n) is 14.7. The zero-order valence-electron chi connectivity index (χ0n) is 25.2. The fourth-order valence-electron chi connectivity index (χ4n) is 4.85. The predicted octanol–water partition coefficient (Wildman–Crippen LogP) is 7.54. The van der Waals surface area contributed by atoms with Crippen molar-refractivity contribution in [2.24, 2.45) is 5.92 Å². The van der Waals surface area contributed by atoms with Gasteiger partial charge in [-0.3, -0.25) is 0 Å². The van der Waals surface area contributed by atoms with Gasteiger partial charge in [0.25, 0.3) is 0 Å². The lowest BCUT2D eigenvalue weighted by molar-refractivity contribution is 0.0600. The molecule has 0 fully saturated rings. The maximum absolute atomic E-state index is 11.8. The molecule has 7 nitrogen and oxygen atoms in total. The van der Waals surface area contributed by atoms with E-state index in [4.69, 9.17) is 9.47 Å². The van der Waals surface area contributed by atoms with Gasteiger partial charge in [0, 0.05) is 12.0 Å². The van der Waals surface area contributed by atoms with Crippen molar-refractivity contribution in [3.8, 4) is 5.75 Å². The van der Waals surface area contributed by atoms with Gasteiger partial charge < -0.3 is 9.47 Å². The number of tetrazole rings is 1. The number of benzene rings is 3. The molecule has 1 atom stereocenters. The molecule has 1 heterocycles. The van der Waals surface area contributed by atoms with E-state index in [1.165, 1.54) is 18.2 Å². The van der Waals surface area contributed by atoms with Crippen molar-refractivity contribution in [3.63, 3.8) is 0 Å². The Labute approximate surface area is 249 Å². The van der Waals surface area contributed by atoms with Gasteiger partial charge in [0.1, 0.15) is 18.2 Å². The average Bonchev–Trinajstić information content (AvgIpc) is 3.53. The minimum atomic E-state index is -0.313. The molecule has 1 N–H and O–H groups in total. The molecule has 220 valence electrons. The number of esters is 1. The minimum Gasteiger partial charge on any atom is -0.488 e. The van der Waals surface area contributed by atoms with Crippen LogP contribution in [0.15, 0.2) is 78.9 Å². The number of methoxy groups -OCH3 is 1. The summed E-state index contributed by atoms with van der Waals surface area (Å²) >= 11 is 0. The summed E-state index contributed by atoms with van der Waals surface area (Å²) in [6.45, 7) is 7.20. The van der Waals surface area contributed by atoms with Gasteiger partial charge in [-0.05, 0) is 82.3 Å². The normalized spacial score (nSPS) is 12.4. The number of aromatic amines is 1. The Balaban J connectivity index is 1.40. The van der Waals surface area contributed by atoms with Gasteiger partial charge in [-0.25, -0.2) is 9.89 Å². The summed E-state index contributed by atoms with van der Waals surface area (Å²) in [5.74, 6) is 1.78. The Bertz CT molecular complexity index is 1410. The van der Waals surface area contributed by atoms with Crippen molar-refractivity contribution in [1.82, 2.24) is 20.6 Å². The third-order valence-electron chi connectivity index (χ3n) is 7.49. The number of unbranched alkanes of at least 4 members (excludes halogenated alkanes) is 1. The number of aryl methyl sites for hydroxylation is 2. The van der Waals surface area contributed by atoms with Gasteiger partial charge in [0.2, 0.25) is 0 Å². The van der Waals surface area contributed by atoms with E-state index in [0.717, 1.165) is 61.2 Å². The van der Waals surface area contributed by atoms with Crippen molar-refractivity contribution in [3.05, 3.63) is 113 Å². The van der Waals surface area contributed by atoms with E-state index in [9.17, 15) is 4.79 Å². The van der Waals surface area contributed by atoms with Crippen LogP contribution in [-0.4, -0.2) is 33.7 Å². The third-order valence-corrected chi connectivity index (χ3v) is 7.49. The van der Waals surface area contributed by atoms with E-state index in [2.05, 4.69) is 83.9 Å². The first-order chi connectivity index (χ1) is 20.3. The lowest BCUT2D eigenvalue weighted by Crippen LogP contribution is -2.10. The maximum Gasteiger partial charge on any atom is 0.337 e. The molecule has 0 aliphatic carbocycles. The van der Waals surface area contributed by atoms with E-state index in [1.54, 1.807) is 0 Å². The van der Waals surface area contributed by atoms with Crippen molar-refractivity contribution in [2.45, 2.75) is 71.3 Å². The second-order valence-corrected chi connectivity index (χ2v) is 11.7. The van der Waals surface area contributed by atoms with Crippen LogP contribution in [0, 0.1) is 5.92 Å². The molecule has 7 heteroatoms. The molecule has 0 saturated heterocycles. The number of hydrogen-bond donors (Lipinski definition) is 1. The van der Waals surface area contributed by atoms with Crippen molar-refractivity contribution in [1.29, 1.82) is 0 Å². The fourth-order valence-corrected chi connectivity index (χ4v) is 4.85. The van der Waals surface area contributed by atoms with Crippen molar-refractivity contribution >= 4 is 12.0 Å². The van der Waals surface area contributed by atoms with Gasteiger partial charge in [0.05, 0.1) is 12.7 Å². The molecule has 3 aromatic carbocycles. The second kappa shape index (κ2) is 15.1. The number of ether oxygens (including phenoxy) is 2. The van der Waals surface area contributed by atoms with E-state index in [-0.39, 0.29) is 11.4 Å². The number of carbonyl (C=O) groups is 1. The van der Waals surface area contributed by atoms with Crippen LogP contribution in [0.4, 0.5) is 0 Å². The predicted molar refractivity (Wildman–Crippen MR) is 166 cm³/mol. The van der Waals surface area contributed by atoms with Crippen LogP contribution in [0.3, 0.4) is 0 Å². The quantitative estimate of drug-likeness (QED) is 0.125. The number of H-pyrrole nitrogens is 1. The number of nitrogens with one attached hydrogen (secondary N) is 1. The number of nitrogens with zero attached hydrogens (tertiary/aromatic N) is 3. The fraction of sp³-hybridized carbons (Fsp3) is 0.371. The lowest BCUT2D eigenvalue weighted by atomic mass is 9.87. The van der Waals surface area contributed by atoms with Crippen LogP contribution in [-0.2, 0) is 29.6 Å². The molecule has 4 aromatic rings. The Kier molecular flexibility index (Phi) is 11.0. The van der Waals surface area contributed by atoms with Gasteiger partial charge in [-0.15, -0.1) is 5.10 Å². The Hall–Kier alpha value is -4.26. The van der Waals surface area contributed by atoms with Gasteiger partial charge >= 0.3 is 5.97 Å². The molecular formula is C35H42N4O3. The Morgan fingerprint density at radius 2 is 1.64 bits per heavy atom. The van der Waals surface area contributed by atoms with E-state index in [1.807, 2.05) is 42.5 Å². The molecule has 0 aliphatic rings. The zero-order chi connectivity index (χ0) is 29.8. The summed E-state index contributed by atoms with van der Waals surface area (Å²) in [5, 5.41) is 14.2. The van der Waals surface area contributed by atoms with Crippen molar-refractivity contribution < 1.29 is 14.3 Å². The number of hydrogen-bond acceptors (Lipinski definition) is 6. The number of aromatic nitrogens is 4. The molecule has 1 unspecified atom stereocenters. The Morgan fingerprint density at radius 3 is 2.33 bits per heavy atom. The van der Waals surface area contributed by atoms with Crippen LogP contribution < -0.4 is 4.74 Å². The van der Waals surface area contributed by atoms with E-state index in [0.29, 0.717) is 18.1 Å². The van der Waals surface area contributed by atoms with Crippen LogP contribution in [0.5, 0.6) is 5.75 Å². The molecule has 0 radical (unpaired) electrons. The van der Waals surface area contributed by atoms with Gasteiger partial charge in [-0.2, -0.15) is 0 Å². The molecule has 0 aliphatic heterocycles. The van der Waals surface area contributed by atoms with Crippen LogP contribution in [0.1, 0.15) is 84.9 Å². The highest BCUT2D eigenvalue weighted by Crippen LogP contribution is 2.26. The summed E-state index contributed by atoms with van der Waals surface area (Å²) in [4.78, 5) is 11.8. The average molecular weight is 567 g/mol. The molecule has 0 spiro atoms. The largest absolute Gasteiger partial charge is 0.488 e. The molecule has 1 aromatic heterocycles. The highest BCUT2D eigenvalue weighted by molar-refractivity contribution is 5.89. The zero-order valence-corrected chi connectivity index (χ0v) is 25.2. The summed E-state index contributed by atoms with van der Waals surface area (Å²) < 4.78 is 11.1. The van der Waals surface area contributed by atoms with Crippen molar-refractivity contribution in [2.75, 3.05) is 7.11 Å². The van der Waals surface area contributed by atoms with Gasteiger partial charge in [0.15, 0.2) is 0 Å². The SMILES string of the molecule is COC(=O)c1ccc(CCC(/C=C/c2ccccc2OCc2ccc(C(C)(C)C)cc2)CCCCc2nnn[nH]2)cc1. The molecule has 0 saturated carbocycles. The van der Waals surface area contributed by atoms with E-state index >= 15 is 0 Å². The maximum atomic E-state index is 11.8. The number of para-hydroxylation sites is 1. The number of carbonyl (C=O) groups excluding carboxylic acids is 1. The number of allylic oxidation sites excluding steroid dienone is 1. The molecule has 0 amide bonds. The molecular weight excluding hydrogens is 524 g/mol. The first-order valence-corrected chi connectivity index (χ1v) is 14.7. The third kappa shape index (κ3) is 9.40. The van der Waals surface area contributed by atoms with Crippen LogP contribution >= 0.6 is 0 Å². The smallest absolute Gasteiger partial charge is 0.337 e. The van der Waals surface area contributed by atoms with E-state index < -0.39 is 0 Å². The second-order valence-electron chi connectivity index (χ2n) is 11.7. The molecule has 4 rings (SSSR count). The number of rotatable bonds is 14. The highest BCUT2D eigenvalue weighted by atomic mass is 16.5. The van der Waals surface area contributed by atoms with Crippen LogP contribution in [0.2, 0.25) is 0 Å². The van der Waals surface area contributed by atoms with Gasteiger partial charge in [-0.1, -0.05) is 93.9 Å². The van der Waals surface area contributed by atoms with Crippen LogP contribution in [0.25, 0.3) is 6.08 Å². The summed E-state index contributed by atoms with van der Waals surface area (Å²) in [7, 11) is 1.40. The monoisotopic (exact) mass is 566 g/mol. The first kappa shape index (κ1) is 30.7. The minimum absolute atomic E-state index is 0.132. The summed E-state index contributed by atoms with van der Waals surface area (Å²) in [5.41, 5.74) is 5.45. The summed E-state index contributed by atoms with van der Waals surface area (Å²) in [6, 6.07) is 24.6. The lowest BCUT2D eigenvalue weighted by Gasteiger charge is -2.19. The summed E-state index contributed by atoms with van der Waals surface area (Å²) in [6.07, 6.45) is 10.4. The topological polar surface area (TPSA) is 90.0 Å². The highest BCUT2D eigenvalue weighted by Gasteiger charge is 2.13. The standard InChI is InChI=1S/C35H42N4O3/c1-35(2,3)31-23-18-28(19-24-31)25-42-32-11-7-6-10-29(32)20-15-26(9-5-8-12-33-36-38-39-37-33)13-14-27-16-21-30(22-17-27)34(40)41-4/h6-7,10-11,15-24,26H,5,8-9,12-14,25H2,1-4H3,(H,36,37,38,39)/b20-15+. The molecule has 0 bridgehead atoms. The Morgan fingerprint density at radius 1 is 0.905 bits per heavy atom.